The molecule has 0 atom stereocenters. The van der Waals surface area contributed by atoms with Crippen molar-refractivity contribution >= 4 is 29.1 Å². The molecule has 1 amide bonds. The fraction of sp³-hybridized carbons (Fsp3) is 0.889. The number of alkyl halides is 2. The summed E-state index contributed by atoms with van der Waals surface area (Å²) < 4.78 is 0. The van der Waals surface area contributed by atoms with Gasteiger partial charge in [0.05, 0.1) is 0 Å². The first-order valence-corrected chi connectivity index (χ1v) is 5.63. The SMILES string of the molecule is O=C(NCC1CCCCC1)C(Cl)Cl. The number of rotatable bonds is 3. The molecule has 0 aliphatic heterocycles. The molecule has 76 valence electrons. The molecule has 2 nitrogen and oxygen atoms in total. The summed E-state index contributed by atoms with van der Waals surface area (Å²) in [5, 5.41) is 2.75. The summed E-state index contributed by atoms with van der Waals surface area (Å²) in [4.78, 5) is 10.1. The lowest BCUT2D eigenvalue weighted by Crippen LogP contribution is -2.33. The van der Waals surface area contributed by atoms with Gasteiger partial charge in [0.25, 0.3) is 5.91 Å². The van der Waals surface area contributed by atoms with E-state index in [1.54, 1.807) is 0 Å². The first-order chi connectivity index (χ1) is 6.20. The van der Waals surface area contributed by atoms with E-state index in [0.29, 0.717) is 5.92 Å². The van der Waals surface area contributed by atoms with Crippen LogP contribution in [0.25, 0.3) is 0 Å². The fourth-order valence-electron chi connectivity index (χ4n) is 1.71. The van der Waals surface area contributed by atoms with E-state index in [-0.39, 0.29) is 5.91 Å². The highest BCUT2D eigenvalue weighted by Crippen LogP contribution is 2.22. The minimum absolute atomic E-state index is 0.270. The van der Waals surface area contributed by atoms with Gasteiger partial charge in [0.1, 0.15) is 0 Å². The average molecular weight is 224 g/mol. The minimum atomic E-state index is -0.927. The van der Waals surface area contributed by atoms with E-state index in [2.05, 4.69) is 5.32 Å². The lowest BCUT2D eigenvalue weighted by atomic mass is 9.89. The molecule has 0 aromatic rings. The highest BCUT2D eigenvalue weighted by atomic mass is 35.5. The van der Waals surface area contributed by atoms with Crippen molar-refractivity contribution in [3.63, 3.8) is 0 Å². The van der Waals surface area contributed by atoms with Gasteiger partial charge in [-0.25, -0.2) is 0 Å². The van der Waals surface area contributed by atoms with Gasteiger partial charge in [-0.2, -0.15) is 0 Å². The predicted molar refractivity (Wildman–Crippen MR) is 55.1 cm³/mol. The molecule has 0 bridgehead atoms. The summed E-state index contributed by atoms with van der Waals surface area (Å²) in [6.45, 7) is 0.731. The molecular weight excluding hydrogens is 209 g/mol. The van der Waals surface area contributed by atoms with E-state index < -0.39 is 4.84 Å². The Hall–Kier alpha value is 0.0500. The third kappa shape index (κ3) is 4.19. The fourth-order valence-corrected chi connectivity index (χ4v) is 1.87. The quantitative estimate of drug-likeness (QED) is 0.733. The van der Waals surface area contributed by atoms with Crippen LogP contribution in [0.1, 0.15) is 32.1 Å². The van der Waals surface area contributed by atoms with Crippen molar-refractivity contribution in [2.45, 2.75) is 36.9 Å². The van der Waals surface area contributed by atoms with Gasteiger partial charge in [0.15, 0.2) is 4.84 Å². The summed E-state index contributed by atoms with van der Waals surface area (Å²) in [6.07, 6.45) is 6.33. The van der Waals surface area contributed by atoms with Gasteiger partial charge in [-0.05, 0) is 18.8 Å². The maximum absolute atomic E-state index is 11.0. The molecule has 1 rings (SSSR count). The first kappa shape index (κ1) is 11.1. The van der Waals surface area contributed by atoms with Crippen molar-refractivity contribution in [1.29, 1.82) is 0 Å². The third-order valence-electron chi connectivity index (χ3n) is 2.49. The Morgan fingerprint density at radius 2 is 1.92 bits per heavy atom. The number of carbonyl (C=O) groups excluding carboxylic acids is 1. The zero-order valence-corrected chi connectivity index (χ0v) is 9.07. The Morgan fingerprint density at radius 1 is 1.31 bits per heavy atom. The second-order valence-corrected chi connectivity index (χ2v) is 4.65. The maximum Gasteiger partial charge on any atom is 0.253 e. The summed E-state index contributed by atoms with van der Waals surface area (Å²) in [5.41, 5.74) is 0. The van der Waals surface area contributed by atoms with Crippen LogP contribution in [-0.2, 0) is 4.79 Å². The molecule has 0 aromatic carbocycles. The number of hydrogen-bond donors (Lipinski definition) is 1. The van der Waals surface area contributed by atoms with E-state index in [9.17, 15) is 4.79 Å². The van der Waals surface area contributed by atoms with Crippen LogP contribution in [0.2, 0.25) is 0 Å². The van der Waals surface area contributed by atoms with Crippen LogP contribution >= 0.6 is 23.2 Å². The van der Waals surface area contributed by atoms with E-state index in [1.165, 1.54) is 32.1 Å². The van der Waals surface area contributed by atoms with Crippen LogP contribution < -0.4 is 5.32 Å². The van der Waals surface area contributed by atoms with Crippen LogP contribution in [0.3, 0.4) is 0 Å². The van der Waals surface area contributed by atoms with Crippen molar-refractivity contribution < 1.29 is 4.79 Å². The van der Waals surface area contributed by atoms with Gasteiger partial charge in [0, 0.05) is 6.54 Å². The highest BCUT2D eigenvalue weighted by Gasteiger charge is 2.16. The van der Waals surface area contributed by atoms with Gasteiger partial charge in [-0.15, -0.1) is 0 Å². The lowest BCUT2D eigenvalue weighted by Gasteiger charge is -2.21. The van der Waals surface area contributed by atoms with Gasteiger partial charge < -0.3 is 5.32 Å². The molecule has 1 N–H and O–H groups in total. The van der Waals surface area contributed by atoms with Gasteiger partial charge in [-0.3, -0.25) is 4.79 Å². The molecule has 13 heavy (non-hydrogen) atoms. The Kier molecular flexibility index (Phi) is 4.89. The number of carbonyl (C=O) groups is 1. The molecule has 1 aliphatic carbocycles. The van der Waals surface area contributed by atoms with Crippen LogP contribution in [-0.4, -0.2) is 17.3 Å². The van der Waals surface area contributed by atoms with Crippen molar-refractivity contribution in [3.8, 4) is 0 Å². The van der Waals surface area contributed by atoms with E-state index >= 15 is 0 Å². The number of halogens is 2. The second-order valence-electron chi connectivity index (χ2n) is 3.55. The van der Waals surface area contributed by atoms with E-state index in [0.717, 1.165) is 6.54 Å². The van der Waals surface area contributed by atoms with Crippen molar-refractivity contribution in [3.05, 3.63) is 0 Å². The Morgan fingerprint density at radius 3 is 2.46 bits per heavy atom. The second kappa shape index (κ2) is 5.71. The third-order valence-corrected chi connectivity index (χ3v) is 2.88. The molecule has 0 saturated heterocycles. The number of amides is 1. The summed E-state index contributed by atoms with van der Waals surface area (Å²) in [6, 6.07) is 0. The Bertz CT molecular complexity index is 167. The standard InChI is InChI=1S/C9H15Cl2NO/c10-8(11)9(13)12-6-7-4-2-1-3-5-7/h7-8H,1-6H2,(H,12,13). The first-order valence-electron chi connectivity index (χ1n) is 4.76. The largest absolute Gasteiger partial charge is 0.353 e. The van der Waals surface area contributed by atoms with Crippen molar-refractivity contribution in [1.82, 2.24) is 5.32 Å². The normalized spacial score (nSPS) is 19.0. The molecule has 4 heteroatoms. The molecule has 1 aliphatic rings. The zero-order chi connectivity index (χ0) is 9.68. The van der Waals surface area contributed by atoms with Crippen molar-refractivity contribution in [2.75, 3.05) is 6.54 Å². The highest BCUT2D eigenvalue weighted by molar-refractivity contribution is 6.53. The molecule has 0 heterocycles. The number of hydrogen-bond acceptors (Lipinski definition) is 1. The number of nitrogens with one attached hydrogen (secondary N) is 1. The average Bonchev–Trinajstić information content (AvgIpc) is 2.15. The van der Waals surface area contributed by atoms with E-state index in [4.69, 9.17) is 23.2 Å². The molecule has 0 radical (unpaired) electrons. The lowest BCUT2D eigenvalue weighted by molar-refractivity contribution is -0.119. The summed E-state index contributed by atoms with van der Waals surface area (Å²) in [5.74, 6) is 0.360. The predicted octanol–water partition coefficient (Wildman–Crippen LogP) is 2.49. The van der Waals surface area contributed by atoms with Gasteiger partial charge >= 0.3 is 0 Å². The summed E-state index contributed by atoms with van der Waals surface area (Å²) >= 11 is 10.8. The molecule has 0 unspecified atom stereocenters. The molecular formula is C9H15Cl2NO. The smallest absolute Gasteiger partial charge is 0.253 e. The van der Waals surface area contributed by atoms with E-state index in [1.807, 2.05) is 0 Å². The van der Waals surface area contributed by atoms with Crippen LogP contribution in [0.5, 0.6) is 0 Å². The molecule has 0 aromatic heterocycles. The minimum Gasteiger partial charge on any atom is -0.353 e. The van der Waals surface area contributed by atoms with Crippen LogP contribution in [0.15, 0.2) is 0 Å². The molecule has 1 saturated carbocycles. The monoisotopic (exact) mass is 223 g/mol. The molecule has 0 spiro atoms. The maximum atomic E-state index is 11.0. The van der Waals surface area contributed by atoms with Crippen LogP contribution in [0, 0.1) is 5.92 Å². The van der Waals surface area contributed by atoms with Crippen molar-refractivity contribution in [2.24, 2.45) is 5.92 Å². The Labute approximate surface area is 89.0 Å². The topological polar surface area (TPSA) is 29.1 Å². The van der Waals surface area contributed by atoms with Gasteiger partial charge in [0.2, 0.25) is 0 Å². The Balaban J connectivity index is 2.13. The molecule has 1 fully saturated rings. The van der Waals surface area contributed by atoms with Crippen LogP contribution in [0.4, 0.5) is 0 Å². The summed E-state index contributed by atoms with van der Waals surface area (Å²) in [7, 11) is 0. The zero-order valence-electron chi connectivity index (χ0n) is 7.56. The van der Waals surface area contributed by atoms with Gasteiger partial charge in [-0.1, -0.05) is 42.5 Å².